The van der Waals surface area contributed by atoms with Crippen molar-refractivity contribution >= 4 is 38.3 Å². The summed E-state index contributed by atoms with van der Waals surface area (Å²) in [6.45, 7) is 1.48. The number of carbonyl (C=O) groups excluding carboxylic acids is 1. The predicted molar refractivity (Wildman–Crippen MR) is 77.8 cm³/mol. The van der Waals surface area contributed by atoms with Crippen molar-refractivity contribution < 1.29 is 22.7 Å². The number of amides is 1. The van der Waals surface area contributed by atoms with Crippen LogP contribution in [0, 0.1) is 0 Å². The van der Waals surface area contributed by atoms with E-state index in [1.54, 1.807) is 24.3 Å². The van der Waals surface area contributed by atoms with Gasteiger partial charge in [-0.3, -0.25) is 10.1 Å². The van der Waals surface area contributed by atoms with Gasteiger partial charge in [0.1, 0.15) is 5.75 Å². The average Bonchev–Trinajstić information content (AvgIpc) is 2.90. The van der Waals surface area contributed by atoms with Gasteiger partial charge in [0, 0.05) is 4.47 Å². The normalized spacial score (nSPS) is 12.8. The van der Waals surface area contributed by atoms with Crippen LogP contribution in [-0.2, 0) is 11.0 Å². The second-order valence-electron chi connectivity index (χ2n) is 4.11. The highest BCUT2D eigenvalue weighted by atomic mass is 79.9. The van der Waals surface area contributed by atoms with Gasteiger partial charge in [-0.05, 0) is 31.2 Å². The molecule has 0 aliphatic heterocycles. The maximum absolute atomic E-state index is 12.4. The van der Waals surface area contributed by atoms with Crippen LogP contribution in [0.15, 0.2) is 28.7 Å². The number of rotatable bonds is 4. The van der Waals surface area contributed by atoms with E-state index in [0.717, 1.165) is 4.47 Å². The number of nitrogens with one attached hydrogen (secondary N) is 1. The molecule has 2 aromatic rings. The Morgan fingerprint density at radius 3 is 2.50 bits per heavy atom. The molecule has 0 radical (unpaired) electrons. The molecule has 118 valence electrons. The number of hydrogen-bond acceptors (Lipinski definition) is 5. The minimum atomic E-state index is -4.58. The monoisotopic (exact) mass is 395 g/mol. The lowest BCUT2D eigenvalue weighted by Gasteiger charge is -2.13. The number of benzene rings is 1. The van der Waals surface area contributed by atoms with Crippen molar-refractivity contribution in [3.63, 3.8) is 0 Å². The molecule has 5 nitrogen and oxygen atoms in total. The molecule has 0 bridgehead atoms. The molecule has 1 unspecified atom stereocenters. The van der Waals surface area contributed by atoms with Crippen molar-refractivity contribution in [2.45, 2.75) is 19.2 Å². The molecule has 1 amide bonds. The van der Waals surface area contributed by atoms with Crippen molar-refractivity contribution in [2.75, 3.05) is 5.32 Å². The topological polar surface area (TPSA) is 64.1 Å². The van der Waals surface area contributed by atoms with Gasteiger partial charge in [-0.25, -0.2) is 0 Å². The molecular weight excluding hydrogens is 387 g/mol. The predicted octanol–water partition coefficient (Wildman–Crippen LogP) is 3.73. The molecule has 0 aliphatic rings. The zero-order chi connectivity index (χ0) is 16.3. The average molecular weight is 396 g/mol. The summed E-state index contributed by atoms with van der Waals surface area (Å²) in [6, 6.07) is 6.78. The number of carbonyl (C=O) groups is 1. The van der Waals surface area contributed by atoms with Crippen LogP contribution in [0.1, 0.15) is 11.9 Å². The summed E-state index contributed by atoms with van der Waals surface area (Å²) in [4.78, 5) is 11.9. The standard InChI is InChI=1S/C12H9BrF3N3O2S/c1-6(21-8-4-2-7(13)3-5-8)9(20)17-11-19-18-10(22-11)12(14,15)16/h2-6H,1H3,(H,17,19,20). The van der Waals surface area contributed by atoms with E-state index in [1.165, 1.54) is 6.92 Å². The van der Waals surface area contributed by atoms with Crippen molar-refractivity contribution in [3.05, 3.63) is 33.7 Å². The molecule has 2 rings (SSSR count). The van der Waals surface area contributed by atoms with E-state index in [2.05, 4.69) is 31.4 Å². The molecule has 1 heterocycles. The van der Waals surface area contributed by atoms with Gasteiger partial charge in [-0.2, -0.15) is 13.2 Å². The number of halogens is 4. The lowest BCUT2D eigenvalue weighted by Crippen LogP contribution is -2.30. The molecule has 1 aromatic carbocycles. The summed E-state index contributed by atoms with van der Waals surface area (Å²) >= 11 is 3.52. The largest absolute Gasteiger partial charge is 0.481 e. The highest BCUT2D eigenvalue weighted by molar-refractivity contribution is 9.10. The Hall–Kier alpha value is -1.68. The van der Waals surface area contributed by atoms with Crippen LogP contribution in [0.2, 0.25) is 0 Å². The summed E-state index contributed by atoms with van der Waals surface area (Å²) in [5.41, 5.74) is 0. The first-order chi connectivity index (χ1) is 10.3. The Bertz CT molecular complexity index is 660. The van der Waals surface area contributed by atoms with Gasteiger partial charge < -0.3 is 4.74 Å². The van der Waals surface area contributed by atoms with Crippen molar-refractivity contribution in [2.24, 2.45) is 0 Å². The molecule has 1 aromatic heterocycles. The van der Waals surface area contributed by atoms with Crippen LogP contribution in [0.4, 0.5) is 18.3 Å². The van der Waals surface area contributed by atoms with Gasteiger partial charge in [0.2, 0.25) is 10.1 Å². The zero-order valence-electron chi connectivity index (χ0n) is 11.0. The minimum Gasteiger partial charge on any atom is -0.481 e. The number of alkyl halides is 3. The Morgan fingerprint density at radius 2 is 1.95 bits per heavy atom. The second-order valence-corrected chi connectivity index (χ2v) is 6.01. The lowest BCUT2D eigenvalue weighted by atomic mass is 10.3. The van der Waals surface area contributed by atoms with Crippen molar-refractivity contribution in [1.82, 2.24) is 10.2 Å². The van der Waals surface area contributed by atoms with Crippen molar-refractivity contribution in [3.8, 4) is 5.75 Å². The summed E-state index contributed by atoms with van der Waals surface area (Å²) in [6.07, 6.45) is -5.49. The molecule has 0 aliphatic carbocycles. The third-order valence-electron chi connectivity index (χ3n) is 2.39. The lowest BCUT2D eigenvalue weighted by molar-refractivity contribution is -0.138. The molecular formula is C12H9BrF3N3O2S. The van der Waals surface area contributed by atoms with Gasteiger partial charge in [0.05, 0.1) is 0 Å². The van der Waals surface area contributed by atoms with Crippen LogP contribution >= 0.6 is 27.3 Å². The number of nitrogens with zero attached hydrogens (tertiary/aromatic N) is 2. The summed E-state index contributed by atoms with van der Waals surface area (Å²) < 4.78 is 43.4. The number of ether oxygens (including phenoxy) is 1. The summed E-state index contributed by atoms with van der Waals surface area (Å²) in [5.74, 6) is -0.160. The van der Waals surface area contributed by atoms with E-state index in [0.29, 0.717) is 5.75 Å². The van der Waals surface area contributed by atoms with E-state index < -0.39 is 23.2 Å². The quantitative estimate of drug-likeness (QED) is 0.856. The summed E-state index contributed by atoms with van der Waals surface area (Å²) in [5, 5.41) is 7.14. The van der Waals surface area contributed by atoms with Crippen LogP contribution in [0.25, 0.3) is 0 Å². The van der Waals surface area contributed by atoms with Crippen LogP contribution < -0.4 is 10.1 Å². The second kappa shape index (κ2) is 6.61. The van der Waals surface area contributed by atoms with E-state index >= 15 is 0 Å². The highest BCUT2D eigenvalue weighted by Crippen LogP contribution is 2.33. The molecule has 0 fully saturated rings. The van der Waals surface area contributed by atoms with Gasteiger partial charge >= 0.3 is 6.18 Å². The molecule has 0 spiro atoms. The number of anilines is 1. The van der Waals surface area contributed by atoms with E-state index in [9.17, 15) is 18.0 Å². The van der Waals surface area contributed by atoms with Crippen molar-refractivity contribution in [1.29, 1.82) is 0 Å². The molecule has 1 N–H and O–H groups in total. The molecule has 0 saturated carbocycles. The Balaban J connectivity index is 1.96. The van der Waals surface area contributed by atoms with E-state index in [1.807, 2.05) is 0 Å². The first kappa shape index (κ1) is 16.7. The maximum atomic E-state index is 12.4. The zero-order valence-corrected chi connectivity index (χ0v) is 13.4. The Labute approximate surface area is 135 Å². The van der Waals surface area contributed by atoms with Crippen LogP contribution in [0.5, 0.6) is 5.75 Å². The van der Waals surface area contributed by atoms with E-state index in [-0.39, 0.29) is 16.5 Å². The Kier molecular flexibility index (Phi) is 5.01. The Morgan fingerprint density at radius 1 is 1.32 bits per heavy atom. The highest BCUT2D eigenvalue weighted by Gasteiger charge is 2.36. The van der Waals surface area contributed by atoms with Gasteiger partial charge in [-0.15, -0.1) is 10.2 Å². The number of hydrogen-bond donors (Lipinski definition) is 1. The minimum absolute atomic E-state index is 0.233. The van der Waals surface area contributed by atoms with Gasteiger partial charge in [0.15, 0.2) is 6.10 Å². The summed E-state index contributed by atoms with van der Waals surface area (Å²) in [7, 11) is 0. The molecule has 1 atom stereocenters. The third kappa shape index (κ3) is 4.41. The first-order valence-electron chi connectivity index (χ1n) is 5.89. The smallest absolute Gasteiger partial charge is 0.445 e. The molecule has 0 saturated heterocycles. The fourth-order valence-corrected chi connectivity index (χ4v) is 2.24. The van der Waals surface area contributed by atoms with Crippen LogP contribution in [-0.4, -0.2) is 22.2 Å². The van der Waals surface area contributed by atoms with E-state index in [4.69, 9.17) is 4.74 Å². The fraction of sp³-hybridized carbons (Fsp3) is 0.250. The van der Waals surface area contributed by atoms with Gasteiger partial charge in [0.25, 0.3) is 5.91 Å². The third-order valence-corrected chi connectivity index (χ3v) is 3.81. The molecule has 22 heavy (non-hydrogen) atoms. The SMILES string of the molecule is CC(Oc1ccc(Br)cc1)C(=O)Nc1nnc(C(F)(F)F)s1. The van der Waals surface area contributed by atoms with Crippen LogP contribution in [0.3, 0.4) is 0 Å². The fourth-order valence-electron chi connectivity index (χ4n) is 1.37. The first-order valence-corrected chi connectivity index (χ1v) is 7.50. The maximum Gasteiger partial charge on any atom is 0.445 e. The van der Waals surface area contributed by atoms with Gasteiger partial charge in [-0.1, -0.05) is 27.3 Å². The molecule has 10 heteroatoms. The number of aromatic nitrogens is 2.